The SMILES string of the molecule is CNCC(Cc1ccc(Cl)s1)c1cccc(Br)c1. The van der Waals surface area contributed by atoms with Crippen molar-refractivity contribution in [1.29, 1.82) is 0 Å². The van der Waals surface area contributed by atoms with Crippen molar-refractivity contribution in [2.45, 2.75) is 12.3 Å². The lowest BCUT2D eigenvalue weighted by Crippen LogP contribution is -2.18. The van der Waals surface area contributed by atoms with E-state index in [9.17, 15) is 0 Å². The van der Waals surface area contributed by atoms with Gasteiger partial charge in [0.25, 0.3) is 0 Å². The minimum absolute atomic E-state index is 0.474. The van der Waals surface area contributed by atoms with Gasteiger partial charge in [0, 0.05) is 21.8 Å². The molecule has 0 saturated carbocycles. The van der Waals surface area contributed by atoms with E-state index in [-0.39, 0.29) is 0 Å². The summed E-state index contributed by atoms with van der Waals surface area (Å²) in [6, 6.07) is 12.6. The number of nitrogens with one attached hydrogen (secondary N) is 1. The average Bonchev–Trinajstić information content (AvgIpc) is 2.74. The van der Waals surface area contributed by atoms with E-state index < -0.39 is 0 Å². The largest absolute Gasteiger partial charge is 0.319 e. The van der Waals surface area contributed by atoms with Gasteiger partial charge < -0.3 is 5.32 Å². The Labute approximate surface area is 125 Å². The van der Waals surface area contributed by atoms with Gasteiger partial charge in [-0.2, -0.15) is 0 Å². The van der Waals surface area contributed by atoms with E-state index in [2.05, 4.69) is 51.6 Å². The third-order valence-electron chi connectivity index (χ3n) is 2.85. The van der Waals surface area contributed by atoms with Crippen molar-refractivity contribution in [1.82, 2.24) is 5.32 Å². The van der Waals surface area contributed by atoms with Gasteiger partial charge in [0.1, 0.15) is 0 Å². The summed E-state index contributed by atoms with van der Waals surface area (Å²) in [5.74, 6) is 0.474. The summed E-state index contributed by atoms with van der Waals surface area (Å²) < 4.78 is 1.99. The van der Waals surface area contributed by atoms with Crippen LogP contribution in [0, 0.1) is 0 Å². The Balaban J connectivity index is 2.17. The van der Waals surface area contributed by atoms with E-state index in [0.717, 1.165) is 21.8 Å². The molecule has 1 heterocycles. The lowest BCUT2D eigenvalue weighted by atomic mass is 9.95. The van der Waals surface area contributed by atoms with Crippen LogP contribution in [0.5, 0.6) is 0 Å². The summed E-state index contributed by atoms with van der Waals surface area (Å²) in [6.07, 6.45) is 1.02. The minimum atomic E-state index is 0.474. The quantitative estimate of drug-likeness (QED) is 0.828. The van der Waals surface area contributed by atoms with Crippen LogP contribution < -0.4 is 5.32 Å². The highest BCUT2D eigenvalue weighted by atomic mass is 79.9. The second-order valence-electron chi connectivity index (χ2n) is 4.22. The predicted octanol–water partition coefficient (Wildman–Crippen LogP) is 4.71. The van der Waals surface area contributed by atoms with Gasteiger partial charge >= 0.3 is 0 Å². The molecule has 1 atom stereocenters. The maximum Gasteiger partial charge on any atom is 0.0931 e. The highest BCUT2D eigenvalue weighted by molar-refractivity contribution is 9.10. The van der Waals surface area contributed by atoms with Crippen molar-refractivity contribution in [2.24, 2.45) is 0 Å². The molecule has 0 spiro atoms. The van der Waals surface area contributed by atoms with Crippen LogP contribution in [0.25, 0.3) is 0 Å². The molecule has 0 saturated heterocycles. The second-order valence-corrected chi connectivity index (χ2v) is 6.93. The summed E-state index contributed by atoms with van der Waals surface area (Å²) in [4.78, 5) is 1.33. The molecule has 1 aromatic heterocycles. The molecule has 4 heteroatoms. The zero-order chi connectivity index (χ0) is 13.0. The van der Waals surface area contributed by atoms with Crippen LogP contribution in [-0.4, -0.2) is 13.6 Å². The van der Waals surface area contributed by atoms with Crippen LogP contribution in [0.3, 0.4) is 0 Å². The Morgan fingerprint density at radius 1 is 1.33 bits per heavy atom. The molecule has 0 aliphatic carbocycles. The number of hydrogen-bond acceptors (Lipinski definition) is 2. The molecule has 2 aromatic rings. The zero-order valence-corrected chi connectivity index (χ0v) is 13.3. The fourth-order valence-electron chi connectivity index (χ4n) is 2.02. The maximum absolute atomic E-state index is 5.99. The van der Waals surface area contributed by atoms with Crippen molar-refractivity contribution in [3.8, 4) is 0 Å². The van der Waals surface area contributed by atoms with Gasteiger partial charge in [0.05, 0.1) is 4.34 Å². The molecule has 0 radical (unpaired) electrons. The molecular formula is C14H15BrClNS. The van der Waals surface area contributed by atoms with Gasteiger partial charge in [-0.1, -0.05) is 39.7 Å². The average molecular weight is 345 g/mol. The molecule has 0 bridgehead atoms. The smallest absolute Gasteiger partial charge is 0.0931 e. The highest BCUT2D eigenvalue weighted by Crippen LogP contribution is 2.28. The predicted molar refractivity (Wildman–Crippen MR) is 83.8 cm³/mol. The number of hydrogen-bond donors (Lipinski definition) is 1. The van der Waals surface area contributed by atoms with Crippen LogP contribution in [0.4, 0.5) is 0 Å². The standard InChI is InChI=1S/C14H15BrClNS/c1-17-9-11(8-13-5-6-14(16)18-13)10-3-2-4-12(15)7-10/h2-7,11,17H,8-9H2,1H3. The lowest BCUT2D eigenvalue weighted by Gasteiger charge is -2.16. The molecule has 1 N–H and O–H groups in total. The monoisotopic (exact) mass is 343 g/mol. The molecule has 0 fully saturated rings. The van der Waals surface area contributed by atoms with E-state index in [1.165, 1.54) is 10.4 Å². The molecule has 2 rings (SSSR count). The zero-order valence-electron chi connectivity index (χ0n) is 10.1. The third-order valence-corrected chi connectivity index (χ3v) is 4.59. The first kappa shape index (κ1) is 14.1. The van der Waals surface area contributed by atoms with Gasteiger partial charge in [0.2, 0.25) is 0 Å². The first-order valence-corrected chi connectivity index (χ1v) is 7.82. The molecule has 96 valence electrons. The van der Waals surface area contributed by atoms with Crippen LogP contribution in [0.15, 0.2) is 40.9 Å². The van der Waals surface area contributed by atoms with Crippen LogP contribution in [0.1, 0.15) is 16.4 Å². The van der Waals surface area contributed by atoms with E-state index in [4.69, 9.17) is 11.6 Å². The maximum atomic E-state index is 5.99. The number of rotatable bonds is 5. The Morgan fingerprint density at radius 2 is 2.17 bits per heavy atom. The van der Waals surface area contributed by atoms with Gasteiger partial charge in [0.15, 0.2) is 0 Å². The summed E-state index contributed by atoms with van der Waals surface area (Å²) in [7, 11) is 1.99. The third kappa shape index (κ3) is 3.82. The summed E-state index contributed by atoms with van der Waals surface area (Å²) in [5.41, 5.74) is 1.35. The first-order valence-electron chi connectivity index (χ1n) is 5.83. The molecule has 18 heavy (non-hydrogen) atoms. The van der Waals surface area contributed by atoms with E-state index in [1.54, 1.807) is 11.3 Å². The van der Waals surface area contributed by atoms with Crippen molar-refractivity contribution in [3.63, 3.8) is 0 Å². The number of halogens is 2. The molecule has 0 aliphatic heterocycles. The summed E-state index contributed by atoms with van der Waals surface area (Å²) in [5, 5.41) is 3.27. The Kier molecular flexibility index (Phi) is 5.25. The van der Waals surface area contributed by atoms with Crippen molar-refractivity contribution < 1.29 is 0 Å². The van der Waals surface area contributed by atoms with Gasteiger partial charge in [-0.3, -0.25) is 0 Å². The summed E-state index contributed by atoms with van der Waals surface area (Å²) >= 11 is 11.2. The van der Waals surface area contributed by atoms with E-state index >= 15 is 0 Å². The Bertz CT molecular complexity index is 512. The normalized spacial score (nSPS) is 12.6. The minimum Gasteiger partial charge on any atom is -0.319 e. The lowest BCUT2D eigenvalue weighted by molar-refractivity contribution is 0.630. The van der Waals surface area contributed by atoms with Crippen LogP contribution in [0.2, 0.25) is 4.34 Å². The van der Waals surface area contributed by atoms with Gasteiger partial charge in [-0.25, -0.2) is 0 Å². The number of likely N-dealkylation sites (N-methyl/N-ethyl adjacent to an activating group) is 1. The van der Waals surface area contributed by atoms with Gasteiger partial charge in [-0.05, 0) is 43.3 Å². The van der Waals surface area contributed by atoms with E-state index in [1.807, 2.05) is 13.1 Å². The van der Waals surface area contributed by atoms with E-state index in [0.29, 0.717) is 5.92 Å². The topological polar surface area (TPSA) is 12.0 Å². The number of thiophene rings is 1. The van der Waals surface area contributed by atoms with Crippen LogP contribution in [-0.2, 0) is 6.42 Å². The summed E-state index contributed by atoms with van der Waals surface area (Å²) in [6.45, 7) is 0.964. The molecule has 1 unspecified atom stereocenters. The van der Waals surface area contributed by atoms with Crippen LogP contribution >= 0.6 is 38.9 Å². The van der Waals surface area contributed by atoms with Crippen molar-refractivity contribution >= 4 is 38.9 Å². The first-order chi connectivity index (χ1) is 8.69. The fourth-order valence-corrected chi connectivity index (χ4v) is 3.60. The Morgan fingerprint density at radius 3 is 2.78 bits per heavy atom. The fraction of sp³-hybridized carbons (Fsp3) is 0.286. The highest BCUT2D eigenvalue weighted by Gasteiger charge is 2.13. The molecule has 1 aromatic carbocycles. The Hall–Kier alpha value is -0.350. The van der Waals surface area contributed by atoms with Crippen molar-refractivity contribution in [2.75, 3.05) is 13.6 Å². The molecular weight excluding hydrogens is 330 g/mol. The molecule has 1 nitrogen and oxygen atoms in total. The second kappa shape index (κ2) is 6.71. The van der Waals surface area contributed by atoms with Crippen molar-refractivity contribution in [3.05, 3.63) is 55.6 Å². The van der Waals surface area contributed by atoms with Gasteiger partial charge in [-0.15, -0.1) is 11.3 Å². The molecule has 0 amide bonds. The number of benzene rings is 1. The molecule has 0 aliphatic rings.